The van der Waals surface area contributed by atoms with E-state index in [2.05, 4.69) is 0 Å². The first-order valence-electron chi connectivity index (χ1n) is 9.63. The van der Waals surface area contributed by atoms with E-state index in [0.717, 1.165) is 25.2 Å². The second-order valence-corrected chi connectivity index (χ2v) is 7.40. The van der Waals surface area contributed by atoms with Gasteiger partial charge in [-0.05, 0) is 55.9 Å². The van der Waals surface area contributed by atoms with E-state index in [4.69, 9.17) is 9.47 Å². The topological polar surface area (TPSA) is 59.1 Å². The van der Waals surface area contributed by atoms with Crippen LogP contribution in [0.15, 0.2) is 24.3 Å². The lowest BCUT2D eigenvalue weighted by atomic mass is 10.1. The number of amides is 2. The molecule has 2 saturated heterocycles. The monoisotopic (exact) mass is 358 g/mol. The summed E-state index contributed by atoms with van der Waals surface area (Å²) in [6, 6.07) is 7.39. The zero-order valence-corrected chi connectivity index (χ0v) is 15.1. The Balaban J connectivity index is 1.27. The average Bonchev–Trinajstić information content (AvgIpc) is 3.36. The molecule has 4 rings (SSSR count). The third kappa shape index (κ3) is 4.01. The molecular weight excluding hydrogens is 332 g/mol. The molecule has 26 heavy (non-hydrogen) atoms. The minimum atomic E-state index is -0.277. The van der Waals surface area contributed by atoms with Crippen molar-refractivity contribution in [2.24, 2.45) is 5.92 Å². The molecule has 0 bridgehead atoms. The summed E-state index contributed by atoms with van der Waals surface area (Å²) in [6.07, 6.45) is 4.01. The zero-order chi connectivity index (χ0) is 17.9. The predicted molar refractivity (Wildman–Crippen MR) is 96.1 cm³/mol. The molecule has 0 aromatic heterocycles. The van der Waals surface area contributed by atoms with Gasteiger partial charge in [0.25, 0.3) is 11.8 Å². The Bertz CT molecular complexity index is 642. The van der Waals surface area contributed by atoms with Crippen LogP contribution in [0.3, 0.4) is 0 Å². The van der Waals surface area contributed by atoms with Gasteiger partial charge in [0.15, 0.2) is 0 Å². The molecule has 1 aliphatic carbocycles. The number of nitrogens with zero attached hydrogens (tertiary/aromatic N) is 2. The third-order valence-electron chi connectivity index (χ3n) is 5.37. The molecule has 6 heteroatoms. The largest absolute Gasteiger partial charge is 0.493 e. The Morgan fingerprint density at radius 1 is 1.00 bits per heavy atom. The highest BCUT2D eigenvalue weighted by molar-refractivity contribution is 5.94. The van der Waals surface area contributed by atoms with E-state index in [1.54, 1.807) is 0 Å². The summed E-state index contributed by atoms with van der Waals surface area (Å²) in [5.41, 5.74) is 0.669. The summed E-state index contributed by atoms with van der Waals surface area (Å²) in [5.74, 6) is 1.63. The number of benzene rings is 1. The van der Waals surface area contributed by atoms with Crippen molar-refractivity contribution in [2.45, 2.75) is 31.8 Å². The summed E-state index contributed by atoms with van der Waals surface area (Å²) in [6.45, 7) is 3.73. The van der Waals surface area contributed by atoms with Gasteiger partial charge in [0, 0.05) is 38.3 Å². The number of hydrogen-bond acceptors (Lipinski definition) is 4. The van der Waals surface area contributed by atoms with Gasteiger partial charge in [0.1, 0.15) is 11.9 Å². The van der Waals surface area contributed by atoms with Gasteiger partial charge >= 0.3 is 0 Å². The molecule has 2 heterocycles. The van der Waals surface area contributed by atoms with Crippen molar-refractivity contribution in [1.82, 2.24) is 9.80 Å². The van der Waals surface area contributed by atoms with Crippen LogP contribution < -0.4 is 4.74 Å². The second kappa shape index (κ2) is 7.66. The number of carbonyl (C=O) groups excluding carboxylic acids is 2. The quantitative estimate of drug-likeness (QED) is 0.807. The fourth-order valence-corrected chi connectivity index (χ4v) is 3.48. The lowest BCUT2D eigenvalue weighted by Gasteiger charge is -2.35. The van der Waals surface area contributed by atoms with E-state index in [1.807, 2.05) is 34.1 Å². The first-order chi connectivity index (χ1) is 12.7. The standard InChI is InChI=1S/C20H26N2O4/c23-19(16-5-7-17(8-6-16)26-14-15-3-4-15)21-9-11-22(12-10-21)20(24)18-2-1-13-25-18/h5-8,15,18H,1-4,9-14H2. The van der Waals surface area contributed by atoms with Crippen LogP contribution in [0.2, 0.25) is 0 Å². The van der Waals surface area contributed by atoms with Crippen molar-refractivity contribution in [3.05, 3.63) is 29.8 Å². The molecule has 0 N–H and O–H groups in total. The fourth-order valence-electron chi connectivity index (χ4n) is 3.48. The molecule has 140 valence electrons. The van der Waals surface area contributed by atoms with Crippen molar-refractivity contribution in [3.63, 3.8) is 0 Å². The predicted octanol–water partition coefficient (Wildman–Crippen LogP) is 1.94. The van der Waals surface area contributed by atoms with Gasteiger partial charge in [-0.15, -0.1) is 0 Å². The highest BCUT2D eigenvalue weighted by Gasteiger charge is 2.31. The maximum Gasteiger partial charge on any atom is 0.253 e. The average molecular weight is 358 g/mol. The summed E-state index contributed by atoms with van der Waals surface area (Å²) in [4.78, 5) is 28.7. The number of piperazine rings is 1. The van der Waals surface area contributed by atoms with Crippen LogP contribution in [0.4, 0.5) is 0 Å². The first-order valence-corrected chi connectivity index (χ1v) is 9.63. The fraction of sp³-hybridized carbons (Fsp3) is 0.600. The van der Waals surface area contributed by atoms with Crippen molar-refractivity contribution in [3.8, 4) is 5.75 Å². The van der Waals surface area contributed by atoms with E-state index >= 15 is 0 Å². The molecule has 2 aliphatic heterocycles. The lowest BCUT2D eigenvalue weighted by molar-refractivity contribution is -0.142. The molecule has 3 aliphatic rings. The maximum atomic E-state index is 12.7. The van der Waals surface area contributed by atoms with Gasteiger partial charge in [-0.25, -0.2) is 0 Å². The minimum absolute atomic E-state index is 0.0166. The van der Waals surface area contributed by atoms with Gasteiger partial charge in [-0.3, -0.25) is 9.59 Å². The highest BCUT2D eigenvalue weighted by atomic mass is 16.5. The molecule has 0 spiro atoms. The summed E-state index contributed by atoms with van der Waals surface area (Å²) >= 11 is 0. The molecule has 1 aromatic rings. The Morgan fingerprint density at radius 2 is 1.69 bits per heavy atom. The normalized spacial score (nSPS) is 23.2. The molecule has 1 aromatic carbocycles. The van der Waals surface area contributed by atoms with E-state index in [1.165, 1.54) is 12.8 Å². The van der Waals surface area contributed by atoms with Crippen LogP contribution in [-0.4, -0.2) is 67.1 Å². The van der Waals surface area contributed by atoms with Crippen molar-refractivity contribution < 1.29 is 19.1 Å². The lowest BCUT2D eigenvalue weighted by Crippen LogP contribution is -2.52. The van der Waals surface area contributed by atoms with Crippen molar-refractivity contribution in [1.29, 1.82) is 0 Å². The van der Waals surface area contributed by atoms with Gasteiger partial charge in [-0.2, -0.15) is 0 Å². The Kier molecular flexibility index (Phi) is 5.11. The molecular formula is C20H26N2O4. The van der Waals surface area contributed by atoms with E-state index in [9.17, 15) is 9.59 Å². The van der Waals surface area contributed by atoms with Crippen LogP contribution >= 0.6 is 0 Å². The summed E-state index contributed by atoms with van der Waals surface area (Å²) < 4.78 is 11.2. The molecule has 1 atom stereocenters. The number of carbonyl (C=O) groups is 2. The van der Waals surface area contributed by atoms with E-state index in [-0.39, 0.29) is 17.9 Å². The molecule has 0 radical (unpaired) electrons. The van der Waals surface area contributed by atoms with Gasteiger partial charge < -0.3 is 19.3 Å². The van der Waals surface area contributed by atoms with Crippen LogP contribution in [0, 0.1) is 5.92 Å². The number of rotatable bonds is 5. The summed E-state index contributed by atoms with van der Waals surface area (Å²) in [7, 11) is 0. The van der Waals surface area contributed by atoms with Gasteiger partial charge in [-0.1, -0.05) is 0 Å². The Labute approximate surface area is 154 Å². The van der Waals surface area contributed by atoms with Gasteiger partial charge in [0.05, 0.1) is 6.61 Å². The second-order valence-electron chi connectivity index (χ2n) is 7.40. The molecule has 1 unspecified atom stereocenters. The molecule has 3 fully saturated rings. The molecule has 1 saturated carbocycles. The van der Waals surface area contributed by atoms with Gasteiger partial charge in [0.2, 0.25) is 0 Å². The van der Waals surface area contributed by atoms with Crippen LogP contribution in [0.1, 0.15) is 36.0 Å². The number of ether oxygens (including phenoxy) is 2. The van der Waals surface area contributed by atoms with E-state index in [0.29, 0.717) is 44.3 Å². The van der Waals surface area contributed by atoms with Crippen LogP contribution in [0.25, 0.3) is 0 Å². The first kappa shape index (κ1) is 17.3. The third-order valence-corrected chi connectivity index (χ3v) is 5.37. The SMILES string of the molecule is O=C(c1ccc(OCC2CC2)cc1)N1CCN(C(=O)C2CCCO2)CC1. The van der Waals surface area contributed by atoms with Crippen molar-refractivity contribution in [2.75, 3.05) is 39.4 Å². The number of hydrogen-bond donors (Lipinski definition) is 0. The smallest absolute Gasteiger partial charge is 0.253 e. The summed E-state index contributed by atoms with van der Waals surface area (Å²) in [5, 5.41) is 0. The molecule has 2 amide bonds. The highest BCUT2D eigenvalue weighted by Crippen LogP contribution is 2.29. The Hall–Kier alpha value is -2.08. The van der Waals surface area contributed by atoms with Crippen LogP contribution in [0.5, 0.6) is 5.75 Å². The molecule has 6 nitrogen and oxygen atoms in total. The van der Waals surface area contributed by atoms with Crippen molar-refractivity contribution >= 4 is 11.8 Å². The minimum Gasteiger partial charge on any atom is -0.493 e. The zero-order valence-electron chi connectivity index (χ0n) is 15.1. The maximum absolute atomic E-state index is 12.7. The van der Waals surface area contributed by atoms with Crippen LogP contribution in [-0.2, 0) is 9.53 Å². The Morgan fingerprint density at radius 3 is 2.31 bits per heavy atom. The van der Waals surface area contributed by atoms with E-state index < -0.39 is 0 Å².